The molecule has 0 saturated heterocycles. The first-order chi connectivity index (χ1) is 16.7. The monoisotopic (exact) mass is 448 g/mol. The lowest BCUT2D eigenvalue weighted by atomic mass is 10.1. The highest BCUT2D eigenvalue weighted by atomic mass is 16.2. The molecule has 0 aliphatic carbocycles. The maximum atomic E-state index is 13.3. The van der Waals surface area contributed by atoms with Crippen molar-refractivity contribution in [1.29, 1.82) is 5.26 Å². The Balaban J connectivity index is 1.59. The average Bonchev–Trinajstić information content (AvgIpc) is 3.24. The van der Waals surface area contributed by atoms with Gasteiger partial charge in [0, 0.05) is 60.8 Å². The second kappa shape index (κ2) is 11.1. The fourth-order valence-corrected chi connectivity index (χ4v) is 4.05. The number of aryl methyl sites for hydroxylation is 2. The molecule has 5 heteroatoms. The number of carbonyl (C=O) groups excluding carboxylic acids is 1. The number of hydrogen-bond acceptors (Lipinski definition) is 3. The second-order valence-electron chi connectivity index (χ2n) is 8.26. The topological polar surface area (TPSA) is 61.9 Å². The fraction of sp³-hybridized carbons (Fsp3) is 0.207. The first-order valence-electron chi connectivity index (χ1n) is 11.6. The highest BCUT2D eigenvalue weighted by Crippen LogP contribution is 2.23. The molecule has 0 N–H and O–H groups in total. The first-order valence-corrected chi connectivity index (χ1v) is 11.6. The smallest absolute Gasteiger partial charge is 0.247 e. The molecule has 2 aromatic heterocycles. The zero-order valence-corrected chi connectivity index (χ0v) is 19.4. The van der Waals surface area contributed by atoms with Crippen molar-refractivity contribution in [2.24, 2.45) is 0 Å². The van der Waals surface area contributed by atoms with Crippen LogP contribution in [-0.2, 0) is 30.8 Å². The van der Waals surface area contributed by atoms with Crippen LogP contribution in [0.3, 0.4) is 0 Å². The zero-order valence-electron chi connectivity index (χ0n) is 19.4. The van der Waals surface area contributed by atoms with Gasteiger partial charge >= 0.3 is 0 Å². The summed E-state index contributed by atoms with van der Waals surface area (Å²) in [5.74, 6) is -0.0581. The summed E-state index contributed by atoms with van der Waals surface area (Å²) in [6, 6.07) is 22.6. The van der Waals surface area contributed by atoms with E-state index in [9.17, 15) is 4.79 Å². The molecule has 4 rings (SSSR count). The van der Waals surface area contributed by atoms with Crippen LogP contribution in [0.4, 0.5) is 0 Å². The molecule has 170 valence electrons. The van der Waals surface area contributed by atoms with Gasteiger partial charge in [0.1, 0.15) is 0 Å². The number of fused-ring (bicyclic) bond motifs is 1. The number of hydrogen-bond donors (Lipinski definition) is 0. The number of nitrogens with zero attached hydrogens (tertiary/aromatic N) is 4. The number of amides is 1. The molecule has 0 aliphatic heterocycles. The lowest BCUT2D eigenvalue weighted by Crippen LogP contribution is -2.28. The van der Waals surface area contributed by atoms with E-state index in [4.69, 9.17) is 5.26 Å². The van der Waals surface area contributed by atoms with Gasteiger partial charge in [-0.1, -0.05) is 55.5 Å². The van der Waals surface area contributed by atoms with Gasteiger partial charge < -0.3 is 9.47 Å². The van der Waals surface area contributed by atoms with E-state index in [-0.39, 0.29) is 5.91 Å². The molecule has 34 heavy (non-hydrogen) atoms. The normalized spacial score (nSPS) is 11.1. The molecule has 1 amide bonds. The number of rotatable bonds is 9. The fourth-order valence-electron chi connectivity index (χ4n) is 4.05. The van der Waals surface area contributed by atoms with Crippen LogP contribution >= 0.6 is 0 Å². The van der Waals surface area contributed by atoms with E-state index in [0.717, 1.165) is 34.0 Å². The summed E-state index contributed by atoms with van der Waals surface area (Å²) < 4.78 is 2.07. The van der Waals surface area contributed by atoms with Gasteiger partial charge in [-0.05, 0) is 41.3 Å². The third-order valence-corrected chi connectivity index (χ3v) is 5.90. The third kappa shape index (κ3) is 5.60. The van der Waals surface area contributed by atoms with E-state index >= 15 is 0 Å². The van der Waals surface area contributed by atoms with E-state index in [1.54, 1.807) is 18.5 Å². The van der Waals surface area contributed by atoms with Crippen LogP contribution in [0.5, 0.6) is 0 Å². The number of para-hydroxylation sites is 1. The number of aromatic nitrogens is 2. The molecule has 4 aromatic rings. The van der Waals surface area contributed by atoms with Crippen molar-refractivity contribution in [2.45, 2.75) is 39.4 Å². The molecule has 0 bridgehead atoms. The summed E-state index contributed by atoms with van der Waals surface area (Å²) in [4.78, 5) is 19.4. The summed E-state index contributed by atoms with van der Waals surface area (Å²) in [6.45, 7) is 3.76. The molecule has 5 nitrogen and oxygen atoms in total. The predicted molar refractivity (Wildman–Crippen MR) is 136 cm³/mol. The minimum atomic E-state index is -0.0581. The summed E-state index contributed by atoms with van der Waals surface area (Å²) in [5, 5.41) is 10.1. The quantitative estimate of drug-likeness (QED) is 0.306. The van der Waals surface area contributed by atoms with Gasteiger partial charge in [-0.15, -0.1) is 0 Å². The van der Waals surface area contributed by atoms with Gasteiger partial charge in [0.15, 0.2) is 0 Å². The maximum Gasteiger partial charge on any atom is 0.247 e. The highest BCUT2D eigenvalue weighted by Gasteiger charge is 2.13. The maximum absolute atomic E-state index is 13.3. The number of nitriles is 1. The van der Waals surface area contributed by atoms with Crippen LogP contribution in [0.25, 0.3) is 17.0 Å². The Morgan fingerprint density at radius 2 is 1.79 bits per heavy atom. The number of carbonyl (C=O) groups is 1. The molecular formula is C29H28N4O. The lowest BCUT2D eigenvalue weighted by Gasteiger charge is -2.21. The molecule has 0 saturated carbocycles. The summed E-state index contributed by atoms with van der Waals surface area (Å²) in [5.41, 5.74) is 5.39. The van der Waals surface area contributed by atoms with Gasteiger partial charge in [-0.3, -0.25) is 9.78 Å². The van der Waals surface area contributed by atoms with Crippen LogP contribution in [-0.4, -0.2) is 20.4 Å². The standard InChI is InChI=1S/C29H28N4O/c1-2-23-10-12-24(13-11-23)20-33(21-25-7-5-17-31-19-25)29(34)15-14-26-22-32(18-6-16-30)28-9-4-3-8-27(26)28/h3-5,7-15,17,19,22H,2,6,18,20-21H2,1H3/b15-14+. The van der Waals surface area contributed by atoms with Crippen molar-refractivity contribution >= 4 is 22.9 Å². The van der Waals surface area contributed by atoms with Gasteiger partial charge in [-0.2, -0.15) is 5.26 Å². The molecule has 0 aliphatic rings. The van der Waals surface area contributed by atoms with Crippen molar-refractivity contribution in [1.82, 2.24) is 14.5 Å². The van der Waals surface area contributed by atoms with Gasteiger partial charge in [0.05, 0.1) is 12.5 Å². The van der Waals surface area contributed by atoms with Crippen LogP contribution in [0.15, 0.2) is 85.3 Å². The van der Waals surface area contributed by atoms with E-state index < -0.39 is 0 Å². The van der Waals surface area contributed by atoms with Crippen LogP contribution in [0.2, 0.25) is 0 Å². The van der Waals surface area contributed by atoms with E-state index in [0.29, 0.717) is 26.1 Å². The Labute approximate surface area is 200 Å². The average molecular weight is 449 g/mol. The van der Waals surface area contributed by atoms with Crippen LogP contribution in [0.1, 0.15) is 35.6 Å². The number of pyridine rings is 1. The molecule has 0 spiro atoms. The van der Waals surface area contributed by atoms with Gasteiger partial charge in [0.25, 0.3) is 0 Å². The molecule has 2 aromatic carbocycles. The number of benzene rings is 2. The minimum Gasteiger partial charge on any atom is -0.346 e. The van der Waals surface area contributed by atoms with Crippen molar-refractivity contribution in [3.05, 3.63) is 108 Å². The van der Waals surface area contributed by atoms with Crippen LogP contribution in [0, 0.1) is 11.3 Å². The molecule has 0 unspecified atom stereocenters. The van der Waals surface area contributed by atoms with Crippen molar-refractivity contribution in [2.75, 3.05) is 0 Å². The minimum absolute atomic E-state index is 0.0581. The summed E-state index contributed by atoms with van der Waals surface area (Å²) in [6.07, 6.45) is 10.5. The molecule has 0 fully saturated rings. The summed E-state index contributed by atoms with van der Waals surface area (Å²) in [7, 11) is 0. The van der Waals surface area contributed by atoms with Crippen LogP contribution < -0.4 is 0 Å². The lowest BCUT2D eigenvalue weighted by molar-refractivity contribution is -0.127. The Morgan fingerprint density at radius 1 is 1.03 bits per heavy atom. The molecule has 2 heterocycles. The highest BCUT2D eigenvalue weighted by molar-refractivity contribution is 5.96. The zero-order chi connectivity index (χ0) is 23.8. The van der Waals surface area contributed by atoms with Crippen molar-refractivity contribution in [3.63, 3.8) is 0 Å². The Hall–Kier alpha value is -4.17. The van der Waals surface area contributed by atoms with E-state index in [1.165, 1.54) is 5.56 Å². The van der Waals surface area contributed by atoms with E-state index in [2.05, 4.69) is 46.8 Å². The van der Waals surface area contributed by atoms with E-state index in [1.807, 2.05) is 53.6 Å². The second-order valence-corrected chi connectivity index (χ2v) is 8.26. The first kappa shape index (κ1) is 23.0. The van der Waals surface area contributed by atoms with Crippen molar-refractivity contribution < 1.29 is 4.79 Å². The Kier molecular flexibility index (Phi) is 7.52. The largest absolute Gasteiger partial charge is 0.346 e. The van der Waals surface area contributed by atoms with Gasteiger partial charge in [-0.25, -0.2) is 0 Å². The SMILES string of the molecule is CCc1ccc(CN(Cc2cccnc2)C(=O)/C=C/c2cn(CCC#N)c3ccccc23)cc1. The molecular weight excluding hydrogens is 420 g/mol. The Bertz CT molecular complexity index is 1310. The molecule has 0 atom stereocenters. The van der Waals surface area contributed by atoms with Crippen molar-refractivity contribution in [3.8, 4) is 6.07 Å². The third-order valence-electron chi connectivity index (χ3n) is 5.90. The molecule has 0 radical (unpaired) electrons. The summed E-state index contributed by atoms with van der Waals surface area (Å²) >= 11 is 0. The Morgan fingerprint density at radius 3 is 2.53 bits per heavy atom. The predicted octanol–water partition coefficient (Wildman–Crippen LogP) is 5.75. The van der Waals surface area contributed by atoms with Gasteiger partial charge in [0.2, 0.25) is 5.91 Å².